The highest BCUT2D eigenvalue weighted by Gasteiger charge is 2.38. The summed E-state index contributed by atoms with van der Waals surface area (Å²) < 4.78 is 0. The zero-order chi connectivity index (χ0) is 22.6. The van der Waals surface area contributed by atoms with Crippen molar-refractivity contribution in [2.75, 3.05) is 0 Å². The topological polar surface area (TPSA) is 53.1 Å². The molecule has 1 aromatic heterocycles. The average Bonchev–Trinajstić information content (AvgIpc) is 3.02. The first-order valence-electron chi connectivity index (χ1n) is 11.1. The van der Waals surface area contributed by atoms with Crippen LogP contribution >= 0.6 is 11.3 Å². The van der Waals surface area contributed by atoms with Crippen LogP contribution in [0.1, 0.15) is 87.1 Å². The first-order valence-corrected chi connectivity index (χ1v) is 11.9. The highest BCUT2D eigenvalue weighted by atomic mass is 32.1. The second-order valence-electron chi connectivity index (χ2n) is 10.8. The van der Waals surface area contributed by atoms with Gasteiger partial charge in [0.05, 0.1) is 4.88 Å². The molecule has 1 aliphatic carbocycles. The number of thiazole rings is 1. The fourth-order valence-corrected chi connectivity index (χ4v) is 5.60. The monoisotopic (exact) mass is 435 g/mol. The normalized spacial score (nSPS) is 17.4. The molecule has 0 saturated heterocycles. The number of fused-ring (bicyclic) bond motifs is 1. The van der Waals surface area contributed by atoms with Crippen molar-refractivity contribution >= 4 is 11.3 Å². The van der Waals surface area contributed by atoms with Gasteiger partial charge < -0.3 is 5.11 Å². The minimum absolute atomic E-state index is 0.0148. The number of benzene rings is 2. The Hall–Kier alpha value is -2.33. The summed E-state index contributed by atoms with van der Waals surface area (Å²) >= 11 is 1.07. The van der Waals surface area contributed by atoms with Gasteiger partial charge in [0.25, 0.3) is 0 Å². The number of aromatic nitrogens is 1. The van der Waals surface area contributed by atoms with E-state index in [4.69, 9.17) is 0 Å². The molecule has 1 aliphatic rings. The standard InChI is InChI=1S/C27H33NO2S/c1-25(2)13-14-26(3,4)21-16-19(11-12-20(21)25)27(5,6)18-9-7-17(8-10-18)15-22-23(29)28-24(30)31-22/h7-12,16,29H,13-15H2,1-6H3,(H,28,30). The summed E-state index contributed by atoms with van der Waals surface area (Å²) in [5.41, 5.74) is 6.96. The summed E-state index contributed by atoms with van der Waals surface area (Å²) in [6, 6.07) is 15.7. The second-order valence-corrected chi connectivity index (χ2v) is 11.9. The van der Waals surface area contributed by atoms with Gasteiger partial charge in [-0.2, -0.15) is 0 Å². The number of rotatable bonds is 4. The van der Waals surface area contributed by atoms with Crippen molar-refractivity contribution in [3.8, 4) is 5.88 Å². The number of aromatic amines is 1. The SMILES string of the molecule is CC1(C)CCC(C)(C)c2cc(C(C)(C)c3ccc(Cc4sc(=O)[nH]c4O)cc3)ccc21. The van der Waals surface area contributed by atoms with Crippen molar-refractivity contribution in [1.82, 2.24) is 4.98 Å². The van der Waals surface area contributed by atoms with E-state index in [0.29, 0.717) is 11.3 Å². The number of hydrogen-bond acceptors (Lipinski definition) is 3. The van der Waals surface area contributed by atoms with Gasteiger partial charge in [-0.05, 0) is 51.5 Å². The Morgan fingerprint density at radius 3 is 2.10 bits per heavy atom. The lowest BCUT2D eigenvalue weighted by molar-refractivity contribution is 0.331. The van der Waals surface area contributed by atoms with Crippen LogP contribution in [-0.4, -0.2) is 10.1 Å². The molecule has 0 unspecified atom stereocenters. The van der Waals surface area contributed by atoms with E-state index in [2.05, 4.69) is 89.0 Å². The van der Waals surface area contributed by atoms with E-state index in [-0.39, 0.29) is 27.0 Å². The lowest BCUT2D eigenvalue weighted by Gasteiger charge is -2.43. The molecule has 4 heteroatoms. The molecule has 0 saturated carbocycles. The van der Waals surface area contributed by atoms with Crippen LogP contribution < -0.4 is 4.87 Å². The van der Waals surface area contributed by atoms with Crippen molar-refractivity contribution < 1.29 is 5.11 Å². The number of hydrogen-bond donors (Lipinski definition) is 2. The third kappa shape index (κ3) is 3.98. The molecular weight excluding hydrogens is 402 g/mol. The van der Waals surface area contributed by atoms with Crippen LogP contribution in [0.5, 0.6) is 5.88 Å². The summed E-state index contributed by atoms with van der Waals surface area (Å²) in [6.07, 6.45) is 2.99. The lowest BCUT2D eigenvalue weighted by atomic mass is 9.62. The van der Waals surface area contributed by atoms with Gasteiger partial charge in [-0.1, -0.05) is 95.3 Å². The average molecular weight is 436 g/mol. The van der Waals surface area contributed by atoms with Crippen LogP contribution in [0.2, 0.25) is 0 Å². The van der Waals surface area contributed by atoms with Gasteiger partial charge in [-0.25, -0.2) is 0 Å². The molecule has 0 radical (unpaired) electrons. The largest absolute Gasteiger partial charge is 0.494 e. The Bertz CT molecular complexity index is 1160. The predicted octanol–water partition coefficient (Wildman–Crippen LogP) is 6.41. The van der Waals surface area contributed by atoms with E-state index in [1.807, 2.05) is 0 Å². The smallest absolute Gasteiger partial charge is 0.307 e. The molecule has 0 aliphatic heterocycles. The van der Waals surface area contributed by atoms with Gasteiger partial charge in [0, 0.05) is 11.8 Å². The Morgan fingerprint density at radius 2 is 1.52 bits per heavy atom. The molecule has 31 heavy (non-hydrogen) atoms. The molecule has 0 bridgehead atoms. The van der Waals surface area contributed by atoms with Crippen molar-refractivity contribution in [3.05, 3.63) is 84.8 Å². The predicted molar refractivity (Wildman–Crippen MR) is 130 cm³/mol. The van der Waals surface area contributed by atoms with E-state index in [1.54, 1.807) is 0 Å². The third-order valence-electron chi connectivity index (χ3n) is 7.32. The minimum Gasteiger partial charge on any atom is -0.494 e. The first-order chi connectivity index (χ1) is 14.4. The van der Waals surface area contributed by atoms with Crippen LogP contribution in [0.4, 0.5) is 0 Å². The molecule has 0 amide bonds. The van der Waals surface area contributed by atoms with Gasteiger partial charge in [-0.15, -0.1) is 0 Å². The van der Waals surface area contributed by atoms with E-state index in [9.17, 15) is 9.90 Å². The summed E-state index contributed by atoms with van der Waals surface area (Å²) in [5.74, 6) is -0.0148. The molecule has 2 N–H and O–H groups in total. The fourth-order valence-electron chi connectivity index (χ4n) is 4.84. The van der Waals surface area contributed by atoms with Crippen molar-refractivity contribution in [2.45, 2.75) is 77.0 Å². The summed E-state index contributed by atoms with van der Waals surface area (Å²) in [4.78, 5) is 14.3. The summed E-state index contributed by atoms with van der Waals surface area (Å²) in [6.45, 7) is 14.0. The maximum Gasteiger partial charge on any atom is 0.307 e. The number of H-pyrrole nitrogens is 1. The number of nitrogens with one attached hydrogen (secondary N) is 1. The van der Waals surface area contributed by atoms with Gasteiger partial charge in [0.1, 0.15) is 0 Å². The Labute approximate surface area is 189 Å². The highest BCUT2D eigenvalue weighted by molar-refractivity contribution is 7.09. The molecule has 1 heterocycles. The van der Waals surface area contributed by atoms with E-state index in [1.165, 1.54) is 35.1 Å². The summed E-state index contributed by atoms with van der Waals surface area (Å²) in [5, 5.41) is 9.86. The van der Waals surface area contributed by atoms with Crippen molar-refractivity contribution in [3.63, 3.8) is 0 Å². The molecule has 2 aromatic carbocycles. The van der Waals surface area contributed by atoms with E-state index < -0.39 is 0 Å². The molecular formula is C27H33NO2S. The van der Waals surface area contributed by atoms with Gasteiger partial charge in [-0.3, -0.25) is 9.78 Å². The zero-order valence-electron chi connectivity index (χ0n) is 19.4. The Kier molecular flexibility index (Phi) is 5.20. The molecule has 3 aromatic rings. The van der Waals surface area contributed by atoms with E-state index in [0.717, 1.165) is 16.9 Å². The van der Waals surface area contributed by atoms with Gasteiger partial charge in [0.15, 0.2) is 0 Å². The maximum atomic E-state index is 11.4. The lowest BCUT2D eigenvalue weighted by Crippen LogP contribution is -2.34. The Balaban J connectivity index is 1.66. The van der Waals surface area contributed by atoms with Crippen LogP contribution in [0, 0.1) is 0 Å². The molecule has 0 spiro atoms. The fraction of sp³-hybridized carbons (Fsp3) is 0.444. The van der Waals surface area contributed by atoms with Crippen molar-refractivity contribution in [1.29, 1.82) is 0 Å². The molecule has 4 rings (SSSR count). The van der Waals surface area contributed by atoms with Crippen LogP contribution in [0.3, 0.4) is 0 Å². The van der Waals surface area contributed by atoms with Crippen molar-refractivity contribution in [2.24, 2.45) is 0 Å². The van der Waals surface area contributed by atoms with Gasteiger partial charge in [0.2, 0.25) is 5.88 Å². The zero-order valence-corrected chi connectivity index (χ0v) is 20.2. The van der Waals surface area contributed by atoms with Crippen LogP contribution in [0.15, 0.2) is 47.3 Å². The molecule has 0 atom stereocenters. The maximum absolute atomic E-state index is 11.4. The highest BCUT2D eigenvalue weighted by Crippen LogP contribution is 2.47. The molecule has 0 fully saturated rings. The third-order valence-corrected chi connectivity index (χ3v) is 8.19. The van der Waals surface area contributed by atoms with E-state index >= 15 is 0 Å². The quantitative estimate of drug-likeness (QED) is 0.498. The molecule has 3 nitrogen and oxygen atoms in total. The first kappa shape index (κ1) is 21.9. The van der Waals surface area contributed by atoms with Crippen LogP contribution in [-0.2, 0) is 22.7 Å². The van der Waals surface area contributed by atoms with Gasteiger partial charge >= 0.3 is 4.87 Å². The minimum atomic E-state index is -0.219. The second kappa shape index (κ2) is 7.37. The Morgan fingerprint density at radius 1 is 0.935 bits per heavy atom. The van der Waals surface area contributed by atoms with Crippen LogP contribution in [0.25, 0.3) is 0 Å². The number of aromatic hydroxyl groups is 1. The molecule has 164 valence electrons. The summed E-state index contributed by atoms with van der Waals surface area (Å²) in [7, 11) is 0.